The molecule has 0 unspecified atom stereocenters. The van der Waals surface area contributed by atoms with Crippen molar-refractivity contribution in [2.45, 2.75) is 43.8 Å². The van der Waals surface area contributed by atoms with Crippen LogP contribution in [0.5, 0.6) is 0 Å². The molecule has 1 aliphatic rings. The predicted octanol–water partition coefficient (Wildman–Crippen LogP) is 0.820. The summed E-state index contributed by atoms with van der Waals surface area (Å²) in [6.45, 7) is 4.97. The summed E-state index contributed by atoms with van der Waals surface area (Å²) in [4.78, 5) is 7.20. The number of hydrogen-bond donors (Lipinski definition) is 1. The lowest BCUT2D eigenvalue weighted by molar-refractivity contribution is 0.194. The molecule has 11 heteroatoms. The van der Waals surface area contributed by atoms with E-state index in [-0.39, 0.29) is 10.9 Å². The number of aryl methyl sites for hydroxylation is 1. The van der Waals surface area contributed by atoms with Crippen LogP contribution in [-0.2, 0) is 33.1 Å². The van der Waals surface area contributed by atoms with Gasteiger partial charge in [-0.1, -0.05) is 0 Å². The Morgan fingerprint density at radius 2 is 1.83 bits per heavy atom. The Morgan fingerprint density at radius 1 is 1.17 bits per heavy atom. The third-order valence-electron chi connectivity index (χ3n) is 5.23. The van der Waals surface area contributed by atoms with Crippen LogP contribution in [0.1, 0.15) is 25.6 Å². The number of nitrogens with one attached hydrogen (secondary N) is 1. The number of imidazole rings is 1. The molecule has 2 heterocycles. The predicted molar refractivity (Wildman–Crippen MR) is 113 cm³/mol. The Bertz CT molecular complexity index is 1080. The van der Waals surface area contributed by atoms with Crippen LogP contribution in [0, 0.1) is 0 Å². The fraction of sp³-hybridized carbons (Fsp3) is 0.611. The van der Waals surface area contributed by atoms with Crippen LogP contribution in [-0.4, -0.2) is 75.1 Å². The average molecular weight is 444 g/mol. The first-order valence-electron chi connectivity index (χ1n) is 9.62. The van der Waals surface area contributed by atoms with Gasteiger partial charge in [0.1, 0.15) is 5.82 Å². The summed E-state index contributed by atoms with van der Waals surface area (Å²) in [5.74, 6) is 0.886. The highest BCUT2D eigenvalue weighted by molar-refractivity contribution is 7.89. The first-order chi connectivity index (χ1) is 13.5. The third kappa shape index (κ3) is 4.97. The van der Waals surface area contributed by atoms with E-state index >= 15 is 0 Å². The molecule has 0 spiro atoms. The van der Waals surface area contributed by atoms with E-state index < -0.39 is 20.0 Å². The Balaban J connectivity index is 1.80. The van der Waals surface area contributed by atoms with Crippen molar-refractivity contribution in [1.29, 1.82) is 0 Å². The maximum Gasteiger partial charge on any atom is 0.242 e. The van der Waals surface area contributed by atoms with Gasteiger partial charge < -0.3 is 4.57 Å². The molecule has 0 amide bonds. The smallest absolute Gasteiger partial charge is 0.242 e. The molecule has 1 aromatic carbocycles. The maximum atomic E-state index is 12.4. The van der Waals surface area contributed by atoms with Gasteiger partial charge in [-0.25, -0.2) is 30.8 Å². The molecule has 3 rings (SSSR count). The fourth-order valence-corrected chi connectivity index (χ4v) is 5.48. The fourth-order valence-electron chi connectivity index (χ4n) is 3.72. The van der Waals surface area contributed by atoms with Crippen LogP contribution in [0.3, 0.4) is 0 Å². The number of fused-ring (bicyclic) bond motifs is 1. The lowest BCUT2D eigenvalue weighted by Crippen LogP contribution is -2.44. The van der Waals surface area contributed by atoms with Gasteiger partial charge >= 0.3 is 0 Å². The van der Waals surface area contributed by atoms with Gasteiger partial charge in [0.05, 0.1) is 28.7 Å². The first-order valence-corrected chi connectivity index (χ1v) is 13.0. The molecule has 0 saturated carbocycles. The second-order valence-corrected chi connectivity index (χ2v) is 11.6. The summed E-state index contributed by atoms with van der Waals surface area (Å²) in [5, 5.41) is 0. The zero-order valence-electron chi connectivity index (χ0n) is 17.3. The maximum absolute atomic E-state index is 12.4. The molecule has 1 saturated heterocycles. The van der Waals surface area contributed by atoms with Crippen LogP contribution < -0.4 is 4.72 Å². The van der Waals surface area contributed by atoms with E-state index in [4.69, 9.17) is 4.98 Å². The van der Waals surface area contributed by atoms with Crippen molar-refractivity contribution in [3.05, 3.63) is 24.0 Å². The van der Waals surface area contributed by atoms with Gasteiger partial charge in [-0.3, -0.25) is 4.90 Å². The largest absolute Gasteiger partial charge is 0.327 e. The summed E-state index contributed by atoms with van der Waals surface area (Å²) in [7, 11) is -3.67. The number of benzene rings is 1. The van der Waals surface area contributed by atoms with Gasteiger partial charge in [-0.05, 0) is 38.0 Å². The highest BCUT2D eigenvalue weighted by Gasteiger charge is 2.24. The molecule has 1 aliphatic heterocycles. The van der Waals surface area contributed by atoms with Gasteiger partial charge in [0.2, 0.25) is 20.0 Å². The summed E-state index contributed by atoms with van der Waals surface area (Å²) >= 11 is 0. The van der Waals surface area contributed by atoms with Gasteiger partial charge in [0.25, 0.3) is 0 Å². The van der Waals surface area contributed by atoms with Crippen molar-refractivity contribution in [1.82, 2.24) is 23.5 Å². The van der Waals surface area contributed by atoms with Crippen molar-refractivity contribution in [3.8, 4) is 0 Å². The molecule has 2 aromatic rings. The van der Waals surface area contributed by atoms with E-state index in [9.17, 15) is 16.8 Å². The zero-order chi connectivity index (χ0) is 21.4. The summed E-state index contributed by atoms with van der Waals surface area (Å²) in [6, 6.07) is 5.04. The van der Waals surface area contributed by atoms with Crippen LogP contribution in [0.25, 0.3) is 11.0 Å². The molecule has 29 heavy (non-hydrogen) atoms. The number of likely N-dealkylation sites (tertiary alicyclic amines) is 1. The molecule has 9 nitrogen and oxygen atoms in total. The SMILES string of the molecule is CCn1c(CN2CCC(NS(C)(=O)=O)CC2)nc2cc(S(=O)(=O)N(C)C)ccc21. The molecular weight excluding hydrogens is 414 g/mol. The van der Waals surface area contributed by atoms with E-state index in [1.54, 1.807) is 12.1 Å². The molecule has 0 atom stereocenters. The lowest BCUT2D eigenvalue weighted by Gasteiger charge is -2.31. The van der Waals surface area contributed by atoms with E-state index in [1.165, 1.54) is 24.7 Å². The van der Waals surface area contributed by atoms with E-state index in [2.05, 4.69) is 14.2 Å². The molecule has 0 bridgehead atoms. The van der Waals surface area contributed by atoms with Crippen molar-refractivity contribution in [2.24, 2.45) is 0 Å². The quantitative estimate of drug-likeness (QED) is 0.679. The first kappa shape index (κ1) is 22.2. The number of sulfonamides is 2. The highest BCUT2D eigenvalue weighted by atomic mass is 32.2. The molecule has 1 aromatic heterocycles. The van der Waals surface area contributed by atoms with E-state index in [1.807, 2.05) is 13.0 Å². The zero-order valence-corrected chi connectivity index (χ0v) is 18.9. The monoisotopic (exact) mass is 443 g/mol. The molecule has 1 fully saturated rings. The Hall–Kier alpha value is -1.53. The molecule has 0 radical (unpaired) electrons. The summed E-state index contributed by atoms with van der Waals surface area (Å²) in [5.41, 5.74) is 1.58. The molecular formula is C18H29N5O4S2. The van der Waals surface area contributed by atoms with E-state index in [0.29, 0.717) is 12.1 Å². The van der Waals surface area contributed by atoms with Crippen LogP contribution in [0.15, 0.2) is 23.1 Å². The van der Waals surface area contributed by atoms with Crippen molar-refractivity contribution >= 4 is 31.1 Å². The van der Waals surface area contributed by atoms with Gasteiger partial charge in [0, 0.05) is 39.8 Å². The van der Waals surface area contributed by atoms with Gasteiger partial charge in [-0.15, -0.1) is 0 Å². The normalized spacial score (nSPS) is 17.4. The minimum absolute atomic E-state index is 0.0231. The summed E-state index contributed by atoms with van der Waals surface area (Å²) in [6.07, 6.45) is 2.70. The lowest BCUT2D eigenvalue weighted by atomic mass is 10.1. The number of aromatic nitrogens is 2. The highest BCUT2D eigenvalue weighted by Crippen LogP contribution is 2.23. The molecule has 1 N–H and O–H groups in total. The number of hydrogen-bond acceptors (Lipinski definition) is 6. The topological polar surface area (TPSA) is 105 Å². The summed E-state index contributed by atoms with van der Waals surface area (Å²) < 4.78 is 53.6. The number of rotatable bonds is 7. The molecule has 0 aliphatic carbocycles. The second kappa shape index (κ2) is 8.31. The Labute approximate surface area is 172 Å². The molecule has 162 valence electrons. The van der Waals surface area contributed by atoms with Crippen molar-refractivity contribution < 1.29 is 16.8 Å². The average Bonchev–Trinajstić information content (AvgIpc) is 2.98. The van der Waals surface area contributed by atoms with Crippen LogP contribution in [0.2, 0.25) is 0 Å². The van der Waals surface area contributed by atoms with Crippen LogP contribution >= 0.6 is 0 Å². The number of nitrogens with zero attached hydrogens (tertiary/aromatic N) is 4. The Kier molecular flexibility index (Phi) is 6.35. The van der Waals surface area contributed by atoms with E-state index in [0.717, 1.165) is 43.8 Å². The van der Waals surface area contributed by atoms with Gasteiger partial charge in [0.15, 0.2) is 0 Å². The standard InChI is InChI=1S/C18H29N5O4S2/c1-5-23-17-7-6-15(29(26,27)21(2)3)12-16(17)19-18(23)13-22-10-8-14(9-11-22)20-28(4,24)25/h6-7,12,14,20H,5,8-11,13H2,1-4H3. The minimum Gasteiger partial charge on any atom is -0.327 e. The van der Waals surface area contributed by atoms with Crippen molar-refractivity contribution in [2.75, 3.05) is 33.4 Å². The van der Waals surface area contributed by atoms with Crippen molar-refractivity contribution in [3.63, 3.8) is 0 Å². The Morgan fingerprint density at radius 3 is 2.38 bits per heavy atom. The number of piperidine rings is 1. The van der Waals surface area contributed by atoms with Crippen LogP contribution in [0.4, 0.5) is 0 Å². The van der Waals surface area contributed by atoms with Gasteiger partial charge in [-0.2, -0.15) is 0 Å². The third-order valence-corrected chi connectivity index (χ3v) is 7.80. The minimum atomic E-state index is -3.51. The second-order valence-electron chi connectivity index (χ2n) is 7.65.